The van der Waals surface area contributed by atoms with E-state index < -0.39 is 0 Å². The van der Waals surface area contributed by atoms with Crippen LogP contribution in [0.5, 0.6) is 11.5 Å². The van der Waals surface area contributed by atoms with E-state index in [2.05, 4.69) is 37.9 Å². The highest BCUT2D eigenvalue weighted by Crippen LogP contribution is 2.38. The van der Waals surface area contributed by atoms with Gasteiger partial charge in [0.05, 0.1) is 23.2 Å². The third-order valence-electron chi connectivity index (χ3n) is 4.23. The van der Waals surface area contributed by atoms with Crippen molar-refractivity contribution in [3.63, 3.8) is 0 Å². The zero-order valence-electron chi connectivity index (χ0n) is 15.8. The first-order valence-corrected chi connectivity index (χ1v) is 11.1. The maximum atomic E-state index is 9.60. The number of allylic oxidation sites excluding steroid dienone is 1. The number of nitriles is 1. The smallest absolute Gasteiger partial charge is 0.175 e. The molecule has 3 rings (SSSR count). The van der Waals surface area contributed by atoms with Crippen LogP contribution in [0.2, 0.25) is 10.0 Å². The van der Waals surface area contributed by atoms with Crippen LogP contribution in [-0.2, 0) is 6.61 Å². The van der Waals surface area contributed by atoms with E-state index in [-0.39, 0.29) is 6.61 Å². The first-order chi connectivity index (χ1) is 14.4. The van der Waals surface area contributed by atoms with Crippen LogP contribution in [0.25, 0.3) is 11.6 Å². The van der Waals surface area contributed by atoms with Crippen molar-refractivity contribution in [1.29, 1.82) is 5.26 Å². The summed E-state index contributed by atoms with van der Waals surface area (Å²) in [6.07, 6.45) is 1.80. The van der Waals surface area contributed by atoms with Crippen molar-refractivity contribution in [3.8, 4) is 17.6 Å². The molecule has 0 radical (unpaired) electrons. The summed E-state index contributed by atoms with van der Waals surface area (Å²) in [6, 6.07) is 18.8. The number of methoxy groups -OCH3 is 1. The molecule has 0 bridgehead atoms. The normalized spacial score (nSPS) is 11.1. The molecule has 7 heteroatoms. The Morgan fingerprint density at radius 2 is 1.80 bits per heavy atom. The Morgan fingerprint density at radius 3 is 2.43 bits per heavy atom. The Bertz CT molecular complexity index is 1140. The average molecular weight is 568 g/mol. The molecule has 0 atom stereocenters. The molecule has 0 aromatic heterocycles. The van der Waals surface area contributed by atoms with E-state index in [1.807, 2.05) is 42.5 Å². The highest BCUT2D eigenvalue weighted by atomic mass is 79.9. The molecule has 0 aliphatic rings. The first kappa shape index (κ1) is 22.7. The number of benzene rings is 3. The molecule has 0 saturated heterocycles. The Hall–Kier alpha value is -1.97. The summed E-state index contributed by atoms with van der Waals surface area (Å²) in [6.45, 7) is 0.252. The number of nitrogens with zero attached hydrogens (tertiary/aromatic N) is 1. The molecular formula is C23H15Br2Cl2NO2. The van der Waals surface area contributed by atoms with Crippen LogP contribution < -0.4 is 9.47 Å². The molecule has 152 valence electrons. The molecule has 0 amide bonds. The van der Waals surface area contributed by atoms with Gasteiger partial charge in [-0.05, 0) is 69.5 Å². The van der Waals surface area contributed by atoms with E-state index in [1.165, 1.54) is 0 Å². The highest BCUT2D eigenvalue weighted by Gasteiger charge is 2.13. The van der Waals surface area contributed by atoms with Crippen LogP contribution in [0, 0.1) is 11.3 Å². The van der Waals surface area contributed by atoms with Gasteiger partial charge in [-0.15, -0.1) is 0 Å². The Morgan fingerprint density at radius 1 is 1.07 bits per heavy atom. The Kier molecular flexibility index (Phi) is 7.85. The molecular weight excluding hydrogens is 553 g/mol. The van der Waals surface area contributed by atoms with Gasteiger partial charge in [0.2, 0.25) is 0 Å². The van der Waals surface area contributed by atoms with E-state index in [1.54, 1.807) is 25.3 Å². The average Bonchev–Trinajstić information content (AvgIpc) is 2.72. The van der Waals surface area contributed by atoms with Crippen LogP contribution in [0.3, 0.4) is 0 Å². The quantitative estimate of drug-likeness (QED) is 0.223. The van der Waals surface area contributed by atoms with Gasteiger partial charge in [0, 0.05) is 20.1 Å². The topological polar surface area (TPSA) is 42.2 Å². The van der Waals surface area contributed by atoms with Gasteiger partial charge >= 0.3 is 0 Å². The van der Waals surface area contributed by atoms with E-state index in [9.17, 15) is 5.26 Å². The number of rotatable bonds is 6. The van der Waals surface area contributed by atoms with E-state index in [4.69, 9.17) is 32.7 Å². The molecule has 0 spiro atoms. The summed E-state index contributed by atoms with van der Waals surface area (Å²) in [4.78, 5) is 0. The lowest BCUT2D eigenvalue weighted by atomic mass is 10.0. The molecule has 30 heavy (non-hydrogen) atoms. The lowest BCUT2D eigenvalue weighted by Crippen LogP contribution is -2.00. The van der Waals surface area contributed by atoms with E-state index in [0.29, 0.717) is 31.6 Å². The van der Waals surface area contributed by atoms with E-state index in [0.717, 1.165) is 21.2 Å². The third-order valence-corrected chi connectivity index (χ3v) is 5.93. The second-order valence-corrected chi connectivity index (χ2v) is 8.85. The summed E-state index contributed by atoms with van der Waals surface area (Å²) in [5, 5.41) is 10.7. The molecule has 3 aromatic rings. The molecule has 0 heterocycles. The summed E-state index contributed by atoms with van der Waals surface area (Å²) in [7, 11) is 1.57. The monoisotopic (exact) mass is 565 g/mol. The number of hydrogen-bond acceptors (Lipinski definition) is 3. The fourth-order valence-corrected chi connectivity index (χ4v) is 4.03. The van der Waals surface area contributed by atoms with Crippen molar-refractivity contribution in [2.24, 2.45) is 0 Å². The van der Waals surface area contributed by atoms with Crippen molar-refractivity contribution in [3.05, 3.63) is 90.3 Å². The van der Waals surface area contributed by atoms with Crippen molar-refractivity contribution in [1.82, 2.24) is 0 Å². The maximum absolute atomic E-state index is 9.60. The van der Waals surface area contributed by atoms with Gasteiger partial charge in [0.1, 0.15) is 6.61 Å². The Balaban J connectivity index is 1.89. The Labute approximate surface area is 202 Å². The van der Waals surface area contributed by atoms with Gasteiger partial charge in [-0.2, -0.15) is 5.26 Å². The van der Waals surface area contributed by atoms with Crippen LogP contribution in [0.1, 0.15) is 16.7 Å². The van der Waals surface area contributed by atoms with Crippen LogP contribution >= 0.6 is 55.1 Å². The highest BCUT2D eigenvalue weighted by molar-refractivity contribution is 9.10. The fourth-order valence-electron chi connectivity index (χ4n) is 2.73. The number of hydrogen-bond donors (Lipinski definition) is 0. The summed E-state index contributed by atoms with van der Waals surface area (Å²) in [5.74, 6) is 1.08. The lowest BCUT2D eigenvalue weighted by Gasteiger charge is -2.14. The molecule has 3 aromatic carbocycles. The van der Waals surface area contributed by atoms with Crippen molar-refractivity contribution >= 4 is 66.7 Å². The first-order valence-electron chi connectivity index (χ1n) is 8.73. The van der Waals surface area contributed by atoms with Gasteiger partial charge in [0.25, 0.3) is 0 Å². The lowest BCUT2D eigenvalue weighted by molar-refractivity contribution is 0.282. The molecule has 0 saturated carbocycles. The van der Waals surface area contributed by atoms with Gasteiger partial charge < -0.3 is 9.47 Å². The van der Waals surface area contributed by atoms with Crippen molar-refractivity contribution in [2.75, 3.05) is 7.11 Å². The predicted molar refractivity (Wildman–Crippen MR) is 129 cm³/mol. The van der Waals surface area contributed by atoms with Gasteiger partial charge in [0.15, 0.2) is 11.5 Å². The largest absolute Gasteiger partial charge is 0.493 e. The minimum absolute atomic E-state index is 0.252. The fraction of sp³-hybridized carbons (Fsp3) is 0.0870. The molecule has 0 aliphatic heterocycles. The molecule has 0 unspecified atom stereocenters. The minimum atomic E-state index is 0.252. The van der Waals surface area contributed by atoms with Gasteiger partial charge in [-0.1, -0.05) is 57.3 Å². The third kappa shape index (κ3) is 5.59. The van der Waals surface area contributed by atoms with Crippen LogP contribution in [0.4, 0.5) is 0 Å². The summed E-state index contributed by atoms with van der Waals surface area (Å²) in [5.41, 5.74) is 2.97. The molecule has 3 nitrogen and oxygen atoms in total. The predicted octanol–water partition coefficient (Wildman–Crippen LogP) is 8.17. The number of halogens is 4. The molecule has 0 N–H and O–H groups in total. The second kappa shape index (κ2) is 10.4. The van der Waals surface area contributed by atoms with E-state index >= 15 is 0 Å². The molecule has 0 fully saturated rings. The number of ether oxygens (including phenoxy) is 2. The van der Waals surface area contributed by atoms with Crippen LogP contribution in [-0.4, -0.2) is 7.11 Å². The standard InChI is InChI=1S/C23H15Br2Cl2NO2/c1-29-22-10-14(8-17(12-28)15-2-5-18(24)6-3-15)9-20(25)23(22)30-13-16-4-7-19(26)11-21(16)27/h2-11H,13H2,1H3. The van der Waals surface area contributed by atoms with Crippen LogP contribution in [0.15, 0.2) is 63.5 Å². The van der Waals surface area contributed by atoms with Gasteiger partial charge in [-0.3, -0.25) is 0 Å². The zero-order valence-corrected chi connectivity index (χ0v) is 20.4. The second-order valence-electron chi connectivity index (χ2n) is 6.24. The zero-order chi connectivity index (χ0) is 21.7. The summed E-state index contributed by atoms with van der Waals surface area (Å²) < 4.78 is 13.1. The summed E-state index contributed by atoms with van der Waals surface area (Å²) >= 11 is 19.1. The minimum Gasteiger partial charge on any atom is -0.493 e. The van der Waals surface area contributed by atoms with Crippen molar-refractivity contribution < 1.29 is 9.47 Å². The SMILES string of the molecule is COc1cc(C=C(C#N)c2ccc(Br)cc2)cc(Br)c1OCc1ccc(Cl)cc1Cl. The van der Waals surface area contributed by atoms with Gasteiger partial charge in [-0.25, -0.2) is 0 Å². The van der Waals surface area contributed by atoms with Crippen molar-refractivity contribution in [2.45, 2.75) is 6.61 Å². The maximum Gasteiger partial charge on any atom is 0.175 e. The molecule has 0 aliphatic carbocycles.